The number of hydrogen-bond donors (Lipinski definition) is 1. The van der Waals surface area contributed by atoms with Gasteiger partial charge in [0.05, 0.1) is 11.1 Å². The number of hydrogen-bond acceptors (Lipinski definition) is 4. The molecule has 0 amide bonds. The molecule has 1 heterocycles. The van der Waals surface area contributed by atoms with Crippen molar-refractivity contribution in [3.05, 3.63) is 63.1 Å². The maximum absolute atomic E-state index is 13.7. The minimum atomic E-state index is -4.73. The van der Waals surface area contributed by atoms with Crippen LogP contribution in [0.25, 0.3) is 10.9 Å². The average molecular weight is 459 g/mol. The van der Waals surface area contributed by atoms with Gasteiger partial charge in [-0.15, -0.1) is 0 Å². The topological polar surface area (TPSA) is 62.7 Å². The van der Waals surface area contributed by atoms with E-state index in [1.807, 2.05) is 0 Å². The molecule has 0 aliphatic heterocycles. The molecule has 0 bridgehead atoms. The molecule has 0 aliphatic rings. The largest absolute Gasteiger partial charge is 0.511 e. The summed E-state index contributed by atoms with van der Waals surface area (Å²) in [5.41, 5.74) is -0.655. The number of pyridine rings is 1. The standard InChI is InChI=1S/C20H15Cl2F3N2O3/c1-27(2)18-17(30-19(28)29)13(7-10-5-3-4-6-15(10)22)12-8-11(21)9-14(16(12)26-18)20(23,24)25/h3-6,8-9H,7H2,1-2H3,(H,28,29). The van der Waals surface area contributed by atoms with Gasteiger partial charge in [0.15, 0.2) is 11.6 Å². The summed E-state index contributed by atoms with van der Waals surface area (Å²) in [5, 5.41) is 9.45. The third-order valence-electron chi connectivity index (χ3n) is 4.34. The molecule has 2 aromatic carbocycles. The van der Waals surface area contributed by atoms with Crippen LogP contribution in [0.5, 0.6) is 5.75 Å². The van der Waals surface area contributed by atoms with Gasteiger partial charge in [-0.05, 0) is 23.8 Å². The first-order valence-electron chi connectivity index (χ1n) is 8.54. The summed E-state index contributed by atoms with van der Waals surface area (Å²) in [6.45, 7) is 0. The van der Waals surface area contributed by atoms with Crippen LogP contribution < -0.4 is 9.64 Å². The summed E-state index contributed by atoms with van der Waals surface area (Å²) in [6.07, 6.45) is -6.35. The first-order chi connectivity index (χ1) is 14.0. The molecule has 3 aromatic rings. The number of fused-ring (bicyclic) bond motifs is 1. The fraction of sp³-hybridized carbons (Fsp3) is 0.200. The summed E-state index contributed by atoms with van der Waals surface area (Å²) in [6, 6.07) is 8.81. The Labute approximate surface area is 179 Å². The van der Waals surface area contributed by atoms with Crippen molar-refractivity contribution in [1.82, 2.24) is 4.98 Å². The highest BCUT2D eigenvalue weighted by Gasteiger charge is 2.35. The van der Waals surface area contributed by atoms with Gasteiger partial charge in [-0.1, -0.05) is 41.4 Å². The Kier molecular flexibility index (Phi) is 6.01. The average Bonchev–Trinajstić information content (AvgIpc) is 2.63. The Balaban J connectivity index is 2.45. The van der Waals surface area contributed by atoms with Gasteiger partial charge in [0, 0.05) is 41.5 Å². The molecule has 0 saturated carbocycles. The van der Waals surface area contributed by atoms with E-state index in [4.69, 9.17) is 27.9 Å². The Morgan fingerprint density at radius 1 is 1.20 bits per heavy atom. The van der Waals surface area contributed by atoms with Crippen LogP contribution in [-0.2, 0) is 12.6 Å². The fourth-order valence-corrected chi connectivity index (χ4v) is 3.51. The number of aromatic nitrogens is 1. The molecule has 0 atom stereocenters. The van der Waals surface area contributed by atoms with Crippen molar-refractivity contribution in [3.63, 3.8) is 0 Å². The van der Waals surface area contributed by atoms with Gasteiger partial charge in [-0.3, -0.25) is 0 Å². The summed E-state index contributed by atoms with van der Waals surface area (Å²) in [5.74, 6) is -0.255. The van der Waals surface area contributed by atoms with Gasteiger partial charge < -0.3 is 14.7 Å². The van der Waals surface area contributed by atoms with Gasteiger partial charge in [0.25, 0.3) is 0 Å². The summed E-state index contributed by atoms with van der Waals surface area (Å²) in [7, 11) is 3.04. The fourth-order valence-electron chi connectivity index (χ4n) is 3.09. The van der Waals surface area contributed by atoms with E-state index in [0.717, 1.165) is 6.07 Å². The molecule has 5 nitrogen and oxygen atoms in total. The van der Waals surface area contributed by atoms with E-state index in [-0.39, 0.29) is 39.5 Å². The van der Waals surface area contributed by atoms with E-state index in [9.17, 15) is 23.1 Å². The number of carbonyl (C=O) groups is 1. The molecule has 0 spiro atoms. The summed E-state index contributed by atoms with van der Waals surface area (Å²) >= 11 is 12.2. The van der Waals surface area contributed by atoms with Crippen molar-refractivity contribution in [2.45, 2.75) is 12.6 Å². The molecule has 1 N–H and O–H groups in total. The Hall–Kier alpha value is -2.71. The lowest BCUT2D eigenvalue weighted by Crippen LogP contribution is -2.18. The molecule has 30 heavy (non-hydrogen) atoms. The lowest BCUT2D eigenvalue weighted by Gasteiger charge is -2.22. The number of halogens is 5. The van der Waals surface area contributed by atoms with Gasteiger partial charge in [-0.25, -0.2) is 9.78 Å². The number of nitrogens with zero attached hydrogens (tertiary/aromatic N) is 2. The Morgan fingerprint density at radius 2 is 1.87 bits per heavy atom. The number of alkyl halides is 3. The number of anilines is 1. The number of ether oxygens (including phenoxy) is 1. The second-order valence-corrected chi connectivity index (χ2v) is 7.46. The third kappa shape index (κ3) is 4.39. The SMILES string of the molecule is CN(C)c1nc2c(C(F)(F)F)cc(Cl)cc2c(Cc2ccccc2Cl)c1OC(=O)O. The van der Waals surface area contributed by atoms with Crippen LogP contribution in [0.2, 0.25) is 10.0 Å². The molecule has 0 fully saturated rings. The summed E-state index contributed by atoms with van der Waals surface area (Å²) < 4.78 is 46.1. The quantitative estimate of drug-likeness (QED) is 0.466. The second-order valence-electron chi connectivity index (χ2n) is 6.62. The maximum atomic E-state index is 13.7. The Bertz CT molecular complexity index is 1130. The summed E-state index contributed by atoms with van der Waals surface area (Å²) in [4.78, 5) is 16.8. The maximum Gasteiger partial charge on any atom is 0.511 e. The monoisotopic (exact) mass is 458 g/mol. The van der Waals surface area contributed by atoms with E-state index in [2.05, 4.69) is 4.98 Å². The van der Waals surface area contributed by atoms with E-state index >= 15 is 0 Å². The third-order valence-corrected chi connectivity index (χ3v) is 4.93. The molecular weight excluding hydrogens is 444 g/mol. The van der Waals surface area contributed by atoms with Gasteiger partial charge >= 0.3 is 12.3 Å². The lowest BCUT2D eigenvalue weighted by atomic mass is 9.97. The molecular formula is C20H15Cl2F3N2O3. The van der Waals surface area contributed by atoms with Crippen molar-refractivity contribution in [1.29, 1.82) is 0 Å². The second kappa shape index (κ2) is 8.20. The normalized spacial score (nSPS) is 11.6. The minimum Gasteiger partial charge on any atom is -0.449 e. The minimum absolute atomic E-state index is 0.000212. The van der Waals surface area contributed by atoms with Gasteiger partial charge in [0.2, 0.25) is 0 Å². The van der Waals surface area contributed by atoms with Crippen molar-refractivity contribution in [2.75, 3.05) is 19.0 Å². The Morgan fingerprint density at radius 3 is 2.43 bits per heavy atom. The molecule has 0 saturated heterocycles. The molecule has 0 aliphatic carbocycles. The predicted molar refractivity (Wildman–Crippen MR) is 109 cm³/mol. The number of benzene rings is 2. The first kappa shape index (κ1) is 22.0. The highest BCUT2D eigenvalue weighted by atomic mass is 35.5. The smallest absolute Gasteiger partial charge is 0.449 e. The van der Waals surface area contributed by atoms with Crippen LogP contribution in [0.15, 0.2) is 36.4 Å². The number of rotatable bonds is 4. The number of carboxylic acid groups (broad SMARTS) is 1. The van der Waals surface area contributed by atoms with Crippen LogP contribution in [-0.4, -0.2) is 30.3 Å². The zero-order valence-electron chi connectivity index (χ0n) is 15.7. The highest BCUT2D eigenvalue weighted by Crippen LogP contribution is 2.43. The zero-order chi connectivity index (χ0) is 22.2. The molecule has 0 radical (unpaired) electrons. The van der Waals surface area contributed by atoms with Crippen molar-refractivity contribution < 1.29 is 27.8 Å². The van der Waals surface area contributed by atoms with Crippen molar-refractivity contribution in [3.8, 4) is 5.75 Å². The van der Waals surface area contributed by atoms with E-state index < -0.39 is 17.9 Å². The van der Waals surface area contributed by atoms with Crippen LogP contribution in [0, 0.1) is 0 Å². The molecule has 10 heteroatoms. The van der Waals surface area contributed by atoms with Crippen molar-refractivity contribution >= 4 is 46.1 Å². The lowest BCUT2D eigenvalue weighted by molar-refractivity contribution is -0.136. The predicted octanol–water partition coefficient (Wildman–Crippen LogP) is 6.27. The molecule has 3 rings (SSSR count). The molecule has 1 aromatic heterocycles. The van der Waals surface area contributed by atoms with Crippen molar-refractivity contribution in [2.24, 2.45) is 0 Å². The van der Waals surface area contributed by atoms with E-state index in [0.29, 0.717) is 10.6 Å². The van der Waals surface area contributed by atoms with E-state index in [1.54, 1.807) is 24.3 Å². The molecule has 158 valence electrons. The van der Waals surface area contributed by atoms with Crippen LogP contribution in [0.1, 0.15) is 16.7 Å². The van der Waals surface area contributed by atoms with Gasteiger partial charge in [-0.2, -0.15) is 13.2 Å². The van der Waals surface area contributed by atoms with Crippen LogP contribution in [0.3, 0.4) is 0 Å². The highest BCUT2D eigenvalue weighted by molar-refractivity contribution is 6.32. The first-order valence-corrected chi connectivity index (χ1v) is 9.29. The zero-order valence-corrected chi connectivity index (χ0v) is 17.2. The van der Waals surface area contributed by atoms with E-state index in [1.165, 1.54) is 25.1 Å². The van der Waals surface area contributed by atoms with Crippen LogP contribution >= 0.6 is 23.2 Å². The van der Waals surface area contributed by atoms with Crippen LogP contribution in [0.4, 0.5) is 23.8 Å². The molecule has 0 unspecified atom stereocenters. The van der Waals surface area contributed by atoms with Gasteiger partial charge in [0.1, 0.15) is 0 Å².